The first-order valence-electron chi connectivity index (χ1n) is 4.87. The molecule has 1 atom stereocenters. The van der Waals surface area contributed by atoms with Crippen LogP contribution in [0.2, 0.25) is 0 Å². The summed E-state index contributed by atoms with van der Waals surface area (Å²) in [6.07, 6.45) is -0.154. The van der Waals surface area contributed by atoms with Gasteiger partial charge in [-0.2, -0.15) is 0 Å². The molecule has 1 aliphatic heterocycles. The zero-order valence-electron chi connectivity index (χ0n) is 8.77. The highest BCUT2D eigenvalue weighted by Crippen LogP contribution is 2.47. The summed E-state index contributed by atoms with van der Waals surface area (Å²) < 4.78 is 5.42. The van der Waals surface area contributed by atoms with Gasteiger partial charge in [0.05, 0.1) is 23.2 Å². The molecule has 0 bridgehead atoms. The Hall–Kier alpha value is -1.42. The van der Waals surface area contributed by atoms with Crippen molar-refractivity contribution in [3.8, 4) is 0 Å². The number of nitro groups is 1. The Bertz CT molecular complexity index is 401. The van der Waals surface area contributed by atoms with Gasteiger partial charge in [-0.3, -0.25) is 10.1 Å². The van der Waals surface area contributed by atoms with E-state index in [1.807, 2.05) is 0 Å². The molecule has 0 unspecified atom stereocenters. The number of hydrogen-bond donors (Lipinski definition) is 0. The fraction of sp³-hybridized carbons (Fsp3) is 0.455. The summed E-state index contributed by atoms with van der Waals surface area (Å²) in [5, 5.41) is 10.8. The van der Waals surface area contributed by atoms with E-state index >= 15 is 0 Å². The molecule has 80 valence electrons. The molecule has 0 aliphatic carbocycles. The number of rotatable bonds is 2. The lowest BCUT2D eigenvalue weighted by Crippen LogP contribution is -2.40. The van der Waals surface area contributed by atoms with Crippen molar-refractivity contribution in [2.45, 2.75) is 20.0 Å². The first-order chi connectivity index (χ1) is 7.02. The van der Waals surface area contributed by atoms with Crippen molar-refractivity contribution < 1.29 is 9.66 Å². The number of ether oxygens (including phenoxy) is 1. The molecule has 2 rings (SSSR count). The monoisotopic (exact) mass is 207 g/mol. The van der Waals surface area contributed by atoms with Gasteiger partial charge in [-0.15, -0.1) is 0 Å². The Balaban J connectivity index is 2.40. The second-order valence-electron chi connectivity index (χ2n) is 4.50. The molecule has 0 radical (unpaired) electrons. The minimum absolute atomic E-state index is 0.00782. The van der Waals surface area contributed by atoms with E-state index in [0.717, 1.165) is 0 Å². The quantitative estimate of drug-likeness (QED) is 0.553. The maximum atomic E-state index is 10.8. The second-order valence-corrected chi connectivity index (χ2v) is 4.50. The average Bonchev–Trinajstić information content (AvgIpc) is 2.17. The Kier molecular flexibility index (Phi) is 2.23. The minimum atomic E-state index is -0.354. The van der Waals surface area contributed by atoms with Crippen LogP contribution in [0.25, 0.3) is 0 Å². The van der Waals surface area contributed by atoms with Crippen molar-refractivity contribution in [2.75, 3.05) is 6.61 Å². The minimum Gasteiger partial charge on any atom is -0.372 e. The van der Waals surface area contributed by atoms with E-state index in [2.05, 4.69) is 13.8 Å². The summed E-state index contributed by atoms with van der Waals surface area (Å²) in [5.41, 5.74) is 0.820. The van der Waals surface area contributed by atoms with Crippen LogP contribution in [-0.4, -0.2) is 11.5 Å². The number of benzene rings is 1. The van der Waals surface area contributed by atoms with Crippen molar-refractivity contribution in [3.63, 3.8) is 0 Å². The van der Waals surface area contributed by atoms with Crippen LogP contribution in [0.15, 0.2) is 24.3 Å². The van der Waals surface area contributed by atoms with Crippen LogP contribution in [0.5, 0.6) is 0 Å². The predicted octanol–water partition coefficient (Wildman–Crippen LogP) is 2.69. The van der Waals surface area contributed by atoms with Gasteiger partial charge in [0, 0.05) is 11.5 Å². The Morgan fingerprint density at radius 2 is 2.13 bits per heavy atom. The molecule has 1 aromatic carbocycles. The summed E-state index contributed by atoms with van der Waals surface area (Å²) in [7, 11) is 0. The molecule has 0 saturated carbocycles. The van der Waals surface area contributed by atoms with Crippen LogP contribution in [0.3, 0.4) is 0 Å². The lowest BCUT2D eigenvalue weighted by Gasteiger charge is -2.44. The van der Waals surface area contributed by atoms with E-state index in [-0.39, 0.29) is 22.1 Å². The number of nitrogens with zero attached hydrogens (tertiary/aromatic N) is 1. The third-order valence-electron chi connectivity index (χ3n) is 2.75. The summed E-state index contributed by atoms with van der Waals surface area (Å²) >= 11 is 0. The first-order valence-corrected chi connectivity index (χ1v) is 4.87. The molecule has 0 aromatic heterocycles. The molecule has 4 heteroatoms. The van der Waals surface area contributed by atoms with Crippen LogP contribution < -0.4 is 0 Å². The van der Waals surface area contributed by atoms with Crippen molar-refractivity contribution >= 4 is 5.69 Å². The summed E-state index contributed by atoms with van der Waals surface area (Å²) in [6.45, 7) is 4.76. The van der Waals surface area contributed by atoms with Crippen LogP contribution in [0, 0.1) is 15.5 Å². The average molecular weight is 207 g/mol. The molecule has 4 nitrogen and oxygen atoms in total. The summed E-state index contributed by atoms with van der Waals surface area (Å²) in [6, 6.07) is 6.77. The van der Waals surface area contributed by atoms with Crippen LogP contribution in [-0.2, 0) is 4.74 Å². The van der Waals surface area contributed by atoms with Gasteiger partial charge in [-0.1, -0.05) is 26.0 Å². The maximum absolute atomic E-state index is 10.8. The molecular weight excluding hydrogens is 194 g/mol. The van der Waals surface area contributed by atoms with Gasteiger partial charge in [-0.25, -0.2) is 0 Å². The van der Waals surface area contributed by atoms with Gasteiger partial charge in [0.2, 0.25) is 0 Å². The van der Waals surface area contributed by atoms with Crippen molar-refractivity contribution in [1.29, 1.82) is 0 Å². The van der Waals surface area contributed by atoms with E-state index in [0.29, 0.717) is 12.2 Å². The fourth-order valence-corrected chi connectivity index (χ4v) is 1.89. The molecule has 1 aromatic rings. The van der Waals surface area contributed by atoms with E-state index in [1.165, 1.54) is 6.07 Å². The SMILES string of the molecule is CC1(C)CO[C@H]1c1ccccc1[N+](=O)[O-]. The number of nitro benzene ring substituents is 1. The van der Waals surface area contributed by atoms with Gasteiger partial charge in [0.1, 0.15) is 0 Å². The predicted molar refractivity (Wildman–Crippen MR) is 55.6 cm³/mol. The topological polar surface area (TPSA) is 52.4 Å². The van der Waals surface area contributed by atoms with E-state index in [1.54, 1.807) is 18.2 Å². The summed E-state index contributed by atoms with van der Waals surface area (Å²) in [5.74, 6) is 0. The third-order valence-corrected chi connectivity index (χ3v) is 2.75. The molecule has 0 amide bonds. The Labute approximate surface area is 88.0 Å². The zero-order valence-corrected chi connectivity index (χ0v) is 8.77. The van der Waals surface area contributed by atoms with Crippen LogP contribution in [0.1, 0.15) is 25.5 Å². The van der Waals surface area contributed by atoms with Gasteiger partial charge in [0.15, 0.2) is 0 Å². The molecule has 1 saturated heterocycles. The van der Waals surface area contributed by atoms with E-state index < -0.39 is 0 Å². The molecular formula is C11H13NO3. The lowest BCUT2D eigenvalue weighted by molar-refractivity contribution is -0.387. The van der Waals surface area contributed by atoms with Gasteiger partial charge in [0.25, 0.3) is 5.69 Å². The zero-order chi connectivity index (χ0) is 11.1. The van der Waals surface area contributed by atoms with Crippen molar-refractivity contribution in [2.24, 2.45) is 5.41 Å². The summed E-state index contributed by atoms with van der Waals surface area (Å²) in [4.78, 5) is 10.5. The standard InChI is InChI=1S/C11H13NO3/c1-11(2)7-15-10(11)8-5-3-4-6-9(8)12(13)14/h3-6,10H,7H2,1-2H3/t10-/m0/s1. The highest BCUT2D eigenvalue weighted by Gasteiger charge is 2.43. The largest absolute Gasteiger partial charge is 0.372 e. The smallest absolute Gasteiger partial charge is 0.275 e. The molecule has 1 heterocycles. The van der Waals surface area contributed by atoms with Gasteiger partial charge in [-0.05, 0) is 6.07 Å². The molecule has 1 fully saturated rings. The van der Waals surface area contributed by atoms with E-state index in [4.69, 9.17) is 4.74 Å². The third kappa shape index (κ3) is 1.61. The first kappa shape index (κ1) is 10.1. The van der Waals surface area contributed by atoms with E-state index in [9.17, 15) is 10.1 Å². The molecule has 15 heavy (non-hydrogen) atoms. The highest BCUT2D eigenvalue weighted by molar-refractivity contribution is 5.42. The molecule has 1 aliphatic rings. The molecule has 0 N–H and O–H groups in total. The normalized spacial score (nSPS) is 23.2. The Morgan fingerprint density at radius 3 is 2.60 bits per heavy atom. The second kappa shape index (κ2) is 3.31. The molecule has 0 spiro atoms. The van der Waals surface area contributed by atoms with Crippen molar-refractivity contribution in [1.82, 2.24) is 0 Å². The van der Waals surface area contributed by atoms with Crippen molar-refractivity contribution in [3.05, 3.63) is 39.9 Å². The fourth-order valence-electron chi connectivity index (χ4n) is 1.89. The number of hydrogen-bond acceptors (Lipinski definition) is 3. The maximum Gasteiger partial charge on any atom is 0.275 e. The van der Waals surface area contributed by atoms with Gasteiger partial charge >= 0.3 is 0 Å². The Morgan fingerprint density at radius 1 is 1.47 bits per heavy atom. The number of para-hydroxylation sites is 1. The lowest BCUT2D eigenvalue weighted by atomic mass is 9.78. The van der Waals surface area contributed by atoms with Crippen LogP contribution >= 0.6 is 0 Å². The highest BCUT2D eigenvalue weighted by atomic mass is 16.6. The van der Waals surface area contributed by atoms with Gasteiger partial charge < -0.3 is 4.74 Å². The van der Waals surface area contributed by atoms with Crippen LogP contribution in [0.4, 0.5) is 5.69 Å².